The first kappa shape index (κ1) is 17.8. The predicted molar refractivity (Wildman–Crippen MR) is 97.4 cm³/mol. The summed E-state index contributed by atoms with van der Waals surface area (Å²) in [5.41, 5.74) is 1.88. The second-order valence-electron chi connectivity index (χ2n) is 6.74. The van der Waals surface area contributed by atoms with Gasteiger partial charge < -0.3 is 10.2 Å². The molecule has 1 aromatic carbocycles. The summed E-state index contributed by atoms with van der Waals surface area (Å²) in [6.07, 6.45) is 2.48. The Morgan fingerprint density at radius 2 is 1.88 bits per heavy atom. The van der Waals surface area contributed by atoms with Gasteiger partial charge in [0.15, 0.2) is 5.52 Å². The summed E-state index contributed by atoms with van der Waals surface area (Å²) in [5.74, 6) is 0.760. The zero-order chi connectivity index (χ0) is 17.6. The summed E-state index contributed by atoms with van der Waals surface area (Å²) < 4.78 is 4.73. The number of anilines is 1. The van der Waals surface area contributed by atoms with E-state index in [1.54, 1.807) is 6.07 Å². The third-order valence-electron chi connectivity index (χ3n) is 5.06. The molecule has 25 heavy (non-hydrogen) atoms. The lowest BCUT2D eigenvalue weighted by Gasteiger charge is -2.35. The number of benzene rings is 1. The van der Waals surface area contributed by atoms with Gasteiger partial charge in [-0.1, -0.05) is 32.8 Å². The van der Waals surface area contributed by atoms with Gasteiger partial charge in [-0.05, 0) is 28.4 Å². The second kappa shape index (κ2) is 8.40. The minimum absolute atomic E-state index is 0.0241. The lowest BCUT2D eigenvalue weighted by Crippen LogP contribution is -2.49. The van der Waals surface area contributed by atoms with Crippen molar-refractivity contribution < 1.29 is 9.42 Å². The van der Waals surface area contributed by atoms with Crippen LogP contribution in [0.15, 0.2) is 22.8 Å². The van der Waals surface area contributed by atoms with E-state index in [0.29, 0.717) is 23.3 Å². The van der Waals surface area contributed by atoms with E-state index in [0.717, 1.165) is 32.1 Å². The van der Waals surface area contributed by atoms with Crippen molar-refractivity contribution in [3.8, 4) is 0 Å². The average Bonchev–Trinajstić information content (AvgIpc) is 3.11. The molecular formula is C18H27N5O2. The standard InChI is InChI=1S/C18H27N5O2/c1-3-14(4-2)12-22-8-10-23(11-9-22)13-17(24)19-15-6-5-7-16-18(15)21-25-20-16/h5-7,14H,3-4,8-13H2,1-2H3,(H,19,24). The molecule has 2 heterocycles. The summed E-state index contributed by atoms with van der Waals surface area (Å²) in [6, 6.07) is 5.46. The van der Waals surface area contributed by atoms with Crippen molar-refractivity contribution >= 4 is 22.6 Å². The molecule has 0 radical (unpaired) electrons. The molecule has 0 bridgehead atoms. The number of rotatable bonds is 7. The molecule has 2 aromatic rings. The van der Waals surface area contributed by atoms with E-state index >= 15 is 0 Å². The van der Waals surface area contributed by atoms with Crippen molar-refractivity contribution in [2.45, 2.75) is 26.7 Å². The van der Waals surface area contributed by atoms with Crippen LogP contribution in [0.25, 0.3) is 11.0 Å². The van der Waals surface area contributed by atoms with Gasteiger partial charge in [0.1, 0.15) is 5.52 Å². The molecule has 7 nitrogen and oxygen atoms in total. The Morgan fingerprint density at radius 1 is 1.16 bits per heavy atom. The molecule has 136 valence electrons. The maximum atomic E-state index is 12.4. The Bertz CT molecular complexity index is 690. The third kappa shape index (κ3) is 4.55. The lowest BCUT2D eigenvalue weighted by atomic mass is 10.0. The first-order valence-electron chi connectivity index (χ1n) is 9.15. The third-order valence-corrected chi connectivity index (χ3v) is 5.06. The van der Waals surface area contributed by atoms with Crippen LogP contribution in [0.2, 0.25) is 0 Å². The average molecular weight is 345 g/mol. The van der Waals surface area contributed by atoms with Gasteiger partial charge in [-0.3, -0.25) is 9.69 Å². The van der Waals surface area contributed by atoms with E-state index in [9.17, 15) is 4.79 Å². The zero-order valence-electron chi connectivity index (χ0n) is 15.1. The van der Waals surface area contributed by atoms with Crippen LogP contribution in [0.4, 0.5) is 5.69 Å². The molecule has 7 heteroatoms. The Kier molecular flexibility index (Phi) is 5.99. The maximum absolute atomic E-state index is 12.4. The molecule has 1 amide bonds. The lowest BCUT2D eigenvalue weighted by molar-refractivity contribution is -0.117. The number of hydrogen-bond donors (Lipinski definition) is 1. The molecule has 1 saturated heterocycles. The van der Waals surface area contributed by atoms with Crippen LogP contribution < -0.4 is 5.32 Å². The Hall–Kier alpha value is -1.99. The molecule has 0 unspecified atom stereocenters. The molecule has 1 aliphatic heterocycles. The van der Waals surface area contributed by atoms with E-state index in [1.807, 2.05) is 12.1 Å². The molecular weight excluding hydrogens is 318 g/mol. The normalized spacial score (nSPS) is 16.6. The summed E-state index contributed by atoms with van der Waals surface area (Å²) in [4.78, 5) is 17.1. The SMILES string of the molecule is CCC(CC)CN1CCN(CC(=O)Nc2cccc3nonc23)CC1. The van der Waals surface area contributed by atoms with Gasteiger partial charge in [-0.2, -0.15) is 0 Å². The molecule has 0 saturated carbocycles. The van der Waals surface area contributed by atoms with Crippen molar-refractivity contribution in [3.05, 3.63) is 18.2 Å². The topological polar surface area (TPSA) is 74.5 Å². The highest BCUT2D eigenvalue weighted by Crippen LogP contribution is 2.19. The van der Waals surface area contributed by atoms with Crippen LogP contribution in [0.5, 0.6) is 0 Å². The van der Waals surface area contributed by atoms with Crippen LogP contribution in [0, 0.1) is 5.92 Å². The van der Waals surface area contributed by atoms with E-state index in [-0.39, 0.29) is 5.91 Å². The van der Waals surface area contributed by atoms with Crippen LogP contribution in [-0.4, -0.2) is 65.3 Å². The largest absolute Gasteiger partial charge is 0.323 e. The minimum Gasteiger partial charge on any atom is -0.323 e. The van der Waals surface area contributed by atoms with E-state index in [1.165, 1.54) is 19.4 Å². The fraction of sp³-hybridized carbons (Fsp3) is 0.611. The van der Waals surface area contributed by atoms with Crippen molar-refractivity contribution in [3.63, 3.8) is 0 Å². The van der Waals surface area contributed by atoms with Gasteiger partial charge in [0, 0.05) is 32.7 Å². The van der Waals surface area contributed by atoms with Crippen molar-refractivity contribution in [1.82, 2.24) is 20.1 Å². The van der Waals surface area contributed by atoms with Gasteiger partial charge >= 0.3 is 0 Å². The molecule has 0 atom stereocenters. The van der Waals surface area contributed by atoms with E-state index in [2.05, 4.69) is 39.3 Å². The molecule has 0 aliphatic carbocycles. The Morgan fingerprint density at radius 3 is 2.60 bits per heavy atom. The molecule has 1 N–H and O–H groups in total. The van der Waals surface area contributed by atoms with Crippen molar-refractivity contribution in [2.24, 2.45) is 5.92 Å². The smallest absolute Gasteiger partial charge is 0.238 e. The Labute approximate surface area is 148 Å². The van der Waals surface area contributed by atoms with Crippen molar-refractivity contribution in [2.75, 3.05) is 44.6 Å². The number of hydrogen-bond acceptors (Lipinski definition) is 6. The number of carbonyl (C=O) groups excluding carboxylic acids is 1. The molecule has 3 rings (SSSR count). The second-order valence-corrected chi connectivity index (χ2v) is 6.74. The highest BCUT2D eigenvalue weighted by atomic mass is 16.6. The first-order valence-corrected chi connectivity index (χ1v) is 9.15. The molecule has 0 spiro atoms. The van der Waals surface area contributed by atoms with Gasteiger partial charge in [-0.15, -0.1) is 0 Å². The number of carbonyl (C=O) groups is 1. The number of fused-ring (bicyclic) bond motifs is 1. The Balaban J connectivity index is 1.47. The van der Waals surface area contributed by atoms with Crippen LogP contribution in [0.3, 0.4) is 0 Å². The van der Waals surface area contributed by atoms with Gasteiger partial charge in [0.05, 0.1) is 12.2 Å². The summed E-state index contributed by atoms with van der Waals surface area (Å²) >= 11 is 0. The van der Waals surface area contributed by atoms with Gasteiger partial charge in [0.25, 0.3) is 0 Å². The van der Waals surface area contributed by atoms with Crippen LogP contribution >= 0.6 is 0 Å². The number of nitrogens with one attached hydrogen (secondary N) is 1. The minimum atomic E-state index is -0.0241. The number of amides is 1. The highest BCUT2D eigenvalue weighted by Gasteiger charge is 2.21. The number of nitrogens with zero attached hydrogens (tertiary/aromatic N) is 4. The van der Waals surface area contributed by atoms with Crippen LogP contribution in [-0.2, 0) is 4.79 Å². The highest BCUT2D eigenvalue weighted by molar-refractivity contribution is 5.99. The quantitative estimate of drug-likeness (QED) is 0.829. The van der Waals surface area contributed by atoms with Crippen LogP contribution in [0.1, 0.15) is 26.7 Å². The number of aromatic nitrogens is 2. The number of piperazine rings is 1. The van der Waals surface area contributed by atoms with E-state index < -0.39 is 0 Å². The summed E-state index contributed by atoms with van der Waals surface area (Å²) in [6.45, 7) is 10.0. The molecule has 1 aliphatic rings. The summed E-state index contributed by atoms with van der Waals surface area (Å²) in [5, 5.41) is 10.6. The monoisotopic (exact) mass is 345 g/mol. The molecule has 1 fully saturated rings. The summed E-state index contributed by atoms with van der Waals surface area (Å²) in [7, 11) is 0. The molecule has 1 aromatic heterocycles. The van der Waals surface area contributed by atoms with Gasteiger partial charge in [-0.25, -0.2) is 4.63 Å². The first-order chi connectivity index (χ1) is 12.2. The van der Waals surface area contributed by atoms with E-state index in [4.69, 9.17) is 4.63 Å². The van der Waals surface area contributed by atoms with Crippen molar-refractivity contribution in [1.29, 1.82) is 0 Å². The predicted octanol–water partition coefficient (Wildman–Crippen LogP) is 2.22. The van der Waals surface area contributed by atoms with Gasteiger partial charge in [0.2, 0.25) is 5.91 Å². The zero-order valence-corrected chi connectivity index (χ0v) is 15.1. The maximum Gasteiger partial charge on any atom is 0.238 e. The fourth-order valence-electron chi connectivity index (χ4n) is 3.34. The fourth-order valence-corrected chi connectivity index (χ4v) is 3.34.